The van der Waals surface area contributed by atoms with Gasteiger partial charge in [-0.1, -0.05) is 6.07 Å². The third-order valence-electron chi connectivity index (χ3n) is 4.99. The van der Waals surface area contributed by atoms with Gasteiger partial charge < -0.3 is 14.9 Å². The molecule has 0 radical (unpaired) electrons. The number of halogens is 2. The maximum absolute atomic E-state index is 13.9. The van der Waals surface area contributed by atoms with Crippen LogP contribution in [0.1, 0.15) is 41.0 Å². The molecular formula is C22H24F2N2O4. The Morgan fingerprint density at radius 1 is 1.20 bits per heavy atom. The lowest BCUT2D eigenvalue weighted by molar-refractivity contribution is 0.0919. The number of hydrogen-bond donors (Lipinski definition) is 2. The molecule has 0 amide bonds. The molecule has 8 heteroatoms. The minimum atomic E-state index is -0.699. The Morgan fingerprint density at radius 3 is 2.60 bits per heavy atom. The van der Waals surface area contributed by atoms with Crippen molar-refractivity contribution in [1.82, 2.24) is 9.38 Å². The van der Waals surface area contributed by atoms with Gasteiger partial charge in [-0.2, -0.15) is 0 Å². The second-order valence-electron chi connectivity index (χ2n) is 7.14. The highest BCUT2D eigenvalue weighted by Crippen LogP contribution is 2.26. The van der Waals surface area contributed by atoms with Crippen molar-refractivity contribution in [3.8, 4) is 5.75 Å². The number of nitrogens with zero attached hydrogens (tertiary/aromatic N) is 2. The lowest BCUT2D eigenvalue weighted by Gasteiger charge is -2.13. The molecule has 0 spiro atoms. The molecule has 0 saturated heterocycles. The largest absolute Gasteiger partial charge is 0.485 e. The maximum atomic E-state index is 13.9. The van der Waals surface area contributed by atoms with Gasteiger partial charge >= 0.3 is 0 Å². The van der Waals surface area contributed by atoms with Crippen molar-refractivity contribution in [3.05, 3.63) is 65.1 Å². The lowest BCUT2D eigenvalue weighted by Crippen LogP contribution is -2.15. The van der Waals surface area contributed by atoms with Gasteiger partial charge in [0.25, 0.3) is 0 Å². The van der Waals surface area contributed by atoms with E-state index in [4.69, 9.17) is 9.84 Å². The zero-order chi connectivity index (χ0) is 21.7. The average molecular weight is 418 g/mol. The molecule has 0 saturated carbocycles. The van der Waals surface area contributed by atoms with Gasteiger partial charge in [-0.3, -0.25) is 9.20 Å². The Balaban J connectivity index is 1.85. The van der Waals surface area contributed by atoms with Crippen molar-refractivity contribution in [1.29, 1.82) is 0 Å². The molecule has 2 aromatic heterocycles. The van der Waals surface area contributed by atoms with Crippen LogP contribution in [0.2, 0.25) is 0 Å². The van der Waals surface area contributed by atoms with E-state index in [1.807, 2.05) is 0 Å². The molecule has 1 aromatic carbocycles. The number of aryl methyl sites for hydroxylation is 1. The minimum absolute atomic E-state index is 0.00261. The number of ketones is 1. The van der Waals surface area contributed by atoms with Crippen LogP contribution < -0.4 is 4.74 Å². The number of rotatable bonds is 10. The molecule has 6 nitrogen and oxygen atoms in total. The fourth-order valence-electron chi connectivity index (χ4n) is 3.42. The Morgan fingerprint density at radius 2 is 1.93 bits per heavy atom. The summed E-state index contributed by atoms with van der Waals surface area (Å²) in [5.74, 6) is -1.54. The van der Waals surface area contributed by atoms with Crippen molar-refractivity contribution in [2.75, 3.05) is 13.2 Å². The molecule has 0 bridgehead atoms. The van der Waals surface area contributed by atoms with E-state index in [1.165, 1.54) is 6.07 Å². The Hall–Kier alpha value is -2.84. The van der Waals surface area contributed by atoms with E-state index < -0.39 is 11.6 Å². The van der Waals surface area contributed by atoms with Crippen LogP contribution in [0.4, 0.5) is 8.78 Å². The third kappa shape index (κ3) is 4.66. The molecule has 2 heterocycles. The summed E-state index contributed by atoms with van der Waals surface area (Å²) in [6, 6.07) is 6.88. The number of hydrogen-bond acceptors (Lipinski definition) is 5. The lowest BCUT2D eigenvalue weighted by atomic mass is 9.96. The zero-order valence-corrected chi connectivity index (χ0v) is 16.6. The first-order valence-electron chi connectivity index (χ1n) is 9.74. The highest BCUT2D eigenvalue weighted by atomic mass is 19.1. The van der Waals surface area contributed by atoms with Crippen molar-refractivity contribution >= 4 is 11.4 Å². The summed E-state index contributed by atoms with van der Waals surface area (Å²) in [4.78, 5) is 17.3. The van der Waals surface area contributed by atoms with E-state index >= 15 is 0 Å². The van der Waals surface area contributed by atoms with Gasteiger partial charge in [0.2, 0.25) is 0 Å². The topological polar surface area (TPSA) is 84.1 Å². The standard InChI is InChI=1S/C22H24F2N2O4/c1-14-21(19(29)11-15(12-28)5-4-10-27)26-9-3-8-20(22(26)25-14)30-13-16-17(23)6-2-7-18(16)24/h2-3,6-9,15,27-28H,4-5,10-13H2,1H3/t15-/m0/s1. The highest BCUT2D eigenvalue weighted by molar-refractivity contribution is 5.96. The summed E-state index contributed by atoms with van der Waals surface area (Å²) in [5.41, 5.74) is 1.04. The van der Waals surface area contributed by atoms with Gasteiger partial charge in [0.15, 0.2) is 17.2 Å². The predicted octanol–water partition coefficient (Wildman–Crippen LogP) is 3.45. The molecule has 160 valence electrons. The number of carbonyl (C=O) groups is 1. The number of fused-ring (bicyclic) bond motifs is 1. The van der Waals surface area contributed by atoms with E-state index in [0.717, 1.165) is 12.1 Å². The number of aromatic nitrogens is 2. The molecule has 2 N–H and O–H groups in total. The van der Waals surface area contributed by atoms with Crippen LogP contribution in [0.3, 0.4) is 0 Å². The van der Waals surface area contributed by atoms with Crippen LogP contribution in [-0.2, 0) is 6.61 Å². The number of ether oxygens (including phenoxy) is 1. The number of aliphatic hydroxyl groups is 2. The van der Waals surface area contributed by atoms with Gasteiger partial charge in [-0.25, -0.2) is 13.8 Å². The average Bonchev–Trinajstić information content (AvgIpc) is 3.07. The summed E-state index contributed by atoms with van der Waals surface area (Å²) in [6.45, 7) is 1.23. The first kappa shape index (κ1) is 21.9. The highest BCUT2D eigenvalue weighted by Gasteiger charge is 2.22. The summed E-state index contributed by atoms with van der Waals surface area (Å²) < 4.78 is 34.9. The van der Waals surface area contributed by atoms with E-state index in [0.29, 0.717) is 35.6 Å². The molecule has 3 rings (SSSR count). The van der Waals surface area contributed by atoms with Gasteiger partial charge in [0.1, 0.15) is 23.9 Å². The van der Waals surface area contributed by atoms with Crippen molar-refractivity contribution in [3.63, 3.8) is 0 Å². The smallest absolute Gasteiger partial charge is 0.181 e. The van der Waals surface area contributed by atoms with E-state index in [1.54, 1.807) is 29.7 Å². The first-order chi connectivity index (χ1) is 14.5. The molecule has 1 atom stereocenters. The monoisotopic (exact) mass is 418 g/mol. The number of Topliss-reactive ketones (excluding diaryl/α,β-unsaturated/α-hetero) is 1. The van der Waals surface area contributed by atoms with E-state index in [-0.39, 0.29) is 43.5 Å². The summed E-state index contributed by atoms with van der Waals surface area (Å²) in [7, 11) is 0. The van der Waals surface area contributed by atoms with E-state index in [9.17, 15) is 18.7 Å². The van der Waals surface area contributed by atoms with E-state index in [2.05, 4.69) is 4.98 Å². The molecule has 0 aliphatic carbocycles. The molecule has 0 aliphatic heterocycles. The first-order valence-corrected chi connectivity index (χ1v) is 9.74. The second kappa shape index (κ2) is 9.77. The van der Waals surface area contributed by atoms with Crippen LogP contribution in [0.15, 0.2) is 36.5 Å². The van der Waals surface area contributed by atoms with Crippen molar-refractivity contribution < 1.29 is 28.5 Å². The number of aliphatic hydroxyl groups excluding tert-OH is 2. The number of pyridine rings is 1. The molecule has 0 unspecified atom stereocenters. The normalized spacial score (nSPS) is 12.3. The molecule has 0 fully saturated rings. The quantitative estimate of drug-likeness (QED) is 0.493. The Kier molecular flexibility index (Phi) is 7.12. The molecule has 0 aliphatic rings. The number of benzene rings is 1. The Bertz CT molecular complexity index is 1020. The summed E-state index contributed by atoms with van der Waals surface area (Å²) in [5, 5.41) is 18.5. The zero-order valence-electron chi connectivity index (χ0n) is 16.6. The Labute approximate surface area is 172 Å². The third-order valence-corrected chi connectivity index (χ3v) is 4.99. The molecule has 30 heavy (non-hydrogen) atoms. The summed E-state index contributed by atoms with van der Waals surface area (Å²) in [6.07, 6.45) is 2.84. The van der Waals surface area contributed by atoms with Crippen molar-refractivity contribution in [2.45, 2.75) is 32.8 Å². The molecular weight excluding hydrogens is 394 g/mol. The van der Waals surface area contributed by atoms with Crippen LogP contribution in [0.5, 0.6) is 5.75 Å². The minimum Gasteiger partial charge on any atom is -0.485 e. The van der Waals surface area contributed by atoms with Gasteiger partial charge in [0.05, 0.1) is 11.3 Å². The predicted molar refractivity (Wildman–Crippen MR) is 106 cm³/mol. The van der Waals surface area contributed by atoms with Gasteiger partial charge in [0, 0.05) is 25.8 Å². The second-order valence-corrected chi connectivity index (χ2v) is 7.14. The SMILES string of the molecule is Cc1nc2c(OCc3c(F)cccc3F)cccn2c1C(=O)C[C@@H](CO)CCCO. The fourth-order valence-corrected chi connectivity index (χ4v) is 3.42. The summed E-state index contributed by atoms with van der Waals surface area (Å²) >= 11 is 0. The maximum Gasteiger partial charge on any atom is 0.181 e. The number of imidazole rings is 1. The van der Waals surface area contributed by atoms with Crippen LogP contribution in [0.25, 0.3) is 5.65 Å². The van der Waals surface area contributed by atoms with Crippen LogP contribution in [0, 0.1) is 24.5 Å². The fraction of sp³-hybridized carbons (Fsp3) is 0.364. The molecule has 3 aromatic rings. The van der Waals surface area contributed by atoms with Gasteiger partial charge in [-0.15, -0.1) is 0 Å². The van der Waals surface area contributed by atoms with Crippen LogP contribution in [-0.4, -0.2) is 38.6 Å². The van der Waals surface area contributed by atoms with Crippen LogP contribution >= 0.6 is 0 Å². The van der Waals surface area contributed by atoms with Gasteiger partial charge in [-0.05, 0) is 49.9 Å². The number of carbonyl (C=O) groups excluding carboxylic acids is 1. The van der Waals surface area contributed by atoms with Crippen molar-refractivity contribution in [2.24, 2.45) is 5.92 Å².